The zero-order valence-corrected chi connectivity index (χ0v) is 16.7. The van der Waals surface area contributed by atoms with Gasteiger partial charge in [0.2, 0.25) is 0 Å². The van der Waals surface area contributed by atoms with E-state index in [9.17, 15) is 4.79 Å². The van der Waals surface area contributed by atoms with Crippen LogP contribution in [0.2, 0.25) is 0 Å². The van der Waals surface area contributed by atoms with Gasteiger partial charge >= 0.3 is 5.97 Å². The maximum atomic E-state index is 10.9. The Morgan fingerprint density at radius 2 is 1.81 bits per heavy atom. The zero-order valence-electron chi connectivity index (χ0n) is 15.9. The van der Waals surface area contributed by atoms with Gasteiger partial charge in [0, 0.05) is 30.4 Å². The predicted molar refractivity (Wildman–Crippen MR) is 106 cm³/mol. The van der Waals surface area contributed by atoms with Crippen LogP contribution in [0.1, 0.15) is 29.2 Å². The maximum absolute atomic E-state index is 10.9. The highest BCUT2D eigenvalue weighted by molar-refractivity contribution is 7.07. The van der Waals surface area contributed by atoms with Gasteiger partial charge in [0.1, 0.15) is 5.75 Å². The molecule has 0 saturated heterocycles. The van der Waals surface area contributed by atoms with Crippen molar-refractivity contribution in [2.75, 3.05) is 6.61 Å². The molecule has 0 radical (unpaired) electrons. The number of esters is 1. The molecule has 0 fully saturated rings. The molecule has 1 heterocycles. The standard InChI is InChI=1S/C21H22N2O3S/c1-13-5-7-17(8-6-13)20-22-21(27-23-20)26-19-12-14(2)18(11-15(19)3)9-10-25-16(4)24/h5-8,11-12H,9-10H2,1-4H3. The van der Waals surface area contributed by atoms with Gasteiger partial charge in [-0.05, 0) is 43.5 Å². The first-order chi connectivity index (χ1) is 12.9. The Morgan fingerprint density at radius 3 is 2.52 bits per heavy atom. The van der Waals surface area contributed by atoms with Crippen LogP contribution in [0.15, 0.2) is 36.4 Å². The quantitative estimate of drug-likeness (QED) is 0.560. The predicted octanol–water partition coefficient (Wildman–Crippen LogP) is 5.03. The van der Waals surface area contributed by atoms with Gasteiger partial charge in [-0.25, -0.2) is 0 Å². The fourth-order valence-electron chi connectivity index (χ4n) is 2.70. The molecular weight excluding hydrogens is 360 g/mol. The molecule has 0 bridgehead atoms. The number of benzene rings is 2. The van der Waals surface area contributed by atoms with Gasteiger partial charge in [0.05, 0.1) is 6.61 Å². The molecule has 6 heteroatoms. The smallest absolute Gasteiger partial charge is 0.302 e. The van der Waals surface area contributed by atoms with Gasteiger partial charge in [-0.2, -0.15) is 9.36 Å². The van der Waals surface area contributed by atoms with E-state index in [2.05, 4.69) is 15.4 Å². The molecule has 2 aromatic carbocycles. The van der Waals surface area contributed by atoms with Crippen LogP contribution in [0.4, 0.5) is 0 Å². The van der Waals surface area contributed by atoms with Crippen molar-refractivity contribution in [3.8, 4) is 22.3 Å². The molecule has 0 N–H and O–H groups in total. The van der Waals surface area contributed by atoms with Gasteiger partial charge < -0.3 is 9.47 Å². The summed E-state index contributed by atoms with van der Waals surface area (Å²) in [4.78, 5) is 15.4. The fourth-order valence-corrected chi connectivity index (χ4v) is 3.26. The number of ether oxygens (including phenoxy) is 2. The summed E-state index contributed by atoms with van der Waals surface area (Å²) < 4.78 is 15.4. The minimum atomic E-state index is -0.259. The Morgan fingerprint density at radius 1 is 1.07 bits per heavy atom. The summed E-state index contributed by atoms with van der Waals surface area (Å²) in [6, 6.07) is 12.2. The van der Waals surface area contributed by atoms with E-state index in [-0.39, 0.29) is 5.97 Å². The largest absolute Gasteiger partial charge is 0.466 e. The van der Waals surface area contributed by atoms with E-state index in [0.717, 1.165) is 28.0 Å². The van der Waals surface area contributed by atoms with Crippen molar-refractivity contribution >= 4 is 17.5 Å². The Hall–Kier alpha value is -2.73. The third-order valence-electron chi connectivity index (χ3n) is 4.22. The highest BCUT2D eigenvalue weighted by atomic mass is 32.1. The molecule has 140 valence electrons. The van der Waals surface area contributed by atoms with E-state index in [1.165, 1.54) is 24.0 Å². The molecule has 0 aliphatic rings. The molecule has 0 atom stereocenters. The molecule has 3 rings (SSSR count). The Kier molecular flexibility index (Phi) is 5.86. The van der Waals surface area contributed by atoms with Crippen LogP contribution in [-0.2, 0) is 16.0 Å². The van der Waals surface area contributed by atoms with E-state index >= 15 is 0 Å². The number of aromatic nitrogens is 2. The second-order valence-corrected chi connectivity index (χ2v) is 7.20. The van der Waals surface area contributed by atoms with E-state index < -0.39 is 0 Å². The lowest BCUT2D eigenvalue weighted by atomic mass is 10.0. The SMILES string of the molecule is CC(=O)OCCc1cc(C)c(Oc2nc(-c3ccc(C)cc3)ns2)cc1C. The van der Waals surface area contributed by atoms with Gasteiger partial charge in [0.25, 0.3) is 5.19 Å². The van der Waals surface area contributed by atoms with E-state index in [4.69, 9.17) is 9.47 Å². The molecule has 3 aromatic rings. The van der Waals surface area contributed by atoms with Crippen molar-refractivity contribution in [1.82, 2.24) is 9.36 Å². The van der Waals surface area contributed by atoms with Crippen LogP contribution in [0.5, 0.6) is 10.9 Å². The summed E-state index contributed by atoms with van der Waals surface area (Å²) in [5, 5.41) is 0.515. The summed E-state index contributed by atoms with van der Waals surface area (Å²) >= 11 is 1.24. The average Bonchev–Trinajstić information content (AvgIpc) is 3.08. The Labute approximate surface area is 163 Å². The normalized spacial score (nSPS) is 10.7. The molecule has 0 saturated carbocycles. The number of nitrogens with zero attached hydrogens (tertiary/aromatic N) is 2. The van der Waals surface area contributed by atoms with Gasteiger partial charge in [0.15, 0.2) is 5.82 Å². The van der Waals surface area contributed by atoms with E-state index in [1.807, 2.05) is 51.1 Å². The summed E-state index contributed by atoms with van der Waals surface area (Å²) in [5.74, 6) is 1.17. The third-order valence-corrected chi connectivity index (χ3v) is 4.82. The van der Waals surface area contributed by atoms with Gasteiger partial charge in [-0.15, -0.1) is 0 Å². The number of rotatable bonds is 6. The lowest BCUT2D eigenvalue weighted by Gasteiger charge is -2.11. The van der Waals surface area contributed by atoms with Crippen LogP contribution in [0, 0.1) is 20.8 Å². The van der Waals surface area contributed by atoms with Crippen molar-refractivity contribution < 1.29 is 14.3 Å². The van der Waals surface area contributed by atoms with Gasteiger partial charge in [-0.3, -0.25) is 4.79 Å². The average molecular weight is 382 g/mol. The molecule has 1 aromatic heterocycles. The van der Waals surface area contributed by atoms with Gasteiger partial charge in [-0.1, -0.05) is 35.9 Å². The number of hydrogen-bond acceptors (Lipinski definition) is 6. The summed E-state index contributed by atoms with van der Waals surface area (Å²) in [7, 11) is 0. The fraction of sp³-hybridized carbons (Fsp3) is 0.286. The molecule has 27 heavy (non-hydrogen) atoms. The third kappa shape index (κ3) is 4.92. The highest BCUT2D eigenvalue weighted by Crippen LogP contribution is 2.31. The number of carbonyl (C=O) groups excluding carboxylic acids is 1. The number of carbonyl (C=O) groups is 1. The molecule has 0 unspecified atom stereocenters. The lowest BCUT2D eigenvalue weighted by Crippen LogP contribution is -2.04. The van der Waals surface area contributed by atoms with Crippen LogP contribution in [-0.4, -0.2) is 21.9 Å². The monoisotopic (exact) mass is 382 g/mol. The molecular formula is C21H22N2O3S. The Balaban J connectivity index is 1.73. The summed E-state index contributed by atoms with van der Waals surface area (Å²) in [6.07, 6.45) is 0.683. The highest BCUT2D eigenvalue weighted by Gasteiger charge is 2.12. The summed E-state index contributed by atoms with van der Waals surface area (Å²) in [6.45, 7) is 7.86. The van der Waals surface area contributed by atoms with Crippen molar-refractivity contribution in [1.29, 1.82) is 0 Å². The first-order valence-corrected chi connectivity index (χ1v) is 9.52. The minimum Gasteiger partial charge on any atom is -0.466 e. The zero-order chi connectivity index (χ0) is 19.4. The lowest BCUT2D eigenvalue weighted by molar-refractivity contribution is -0.140. The van der Waals surface area contributed by atoms with E-state index in [1.54, 1.807) is 0 Å². The minimum absolute atomic E-state index is 0.259. The molecule has 0 aliphatic carbocycles. The number of aryl methyl sites for hydroxylation is 3. The van der Waals surface area contributed by atoms with E-state index in [0.29, 0.717) is 24.0 Å². The first kappa shape index (κ1) is 19.0. The topological polar surface area (TPSA) is 61.3 Å². The van der Waals surface area contributed by atoms with Crippen LogP contribution in [0.25, 0.3) is 11.4 Å². The van der Waals surface area contributed by atoms with Crippen molar-refractivity contribution in [2.24, 2.45) is 0 Å². The van der Waals surface area contributed by atoms with Crippen molar-refractivity contribution in [3.63, 3.8) is 0 Å². The maximum Gasteiger partial charge on any atom is 0.302 e. The Bertz CT molecular complexity index is 949. The molecule has 5 nitrogen and oxygen atoms in total. The molecule has 0 amide bonds. The van der Waals surface area contributed by atoms with Crippen molar-refractivity contribution in [2.45, 2.75) is 34.1 Å². The second-order valence-electron chi connectivity index (χ2n) is 6.49. The summed E-state index contributed by atoms with van der Waals surface area (Å²) in [5.41, 5.74) is 5.40. The molecule has 0 aliphatic heterocycles. The molecule has 0 spiro atoms. The van der Waals surface area contributed by atoms with Crippen LogP contribution in [0.3, 0.4) is 0 Å². The van der Waals surface area contributed by atoms with Crippen LogP contribution >= 0.6 is 11.5 Å². The van der Waals surface area contributed by atoms with Crippen molar-refractivity contribution in [3.05, 3.63) is 58.7 Å². The first-order valence-electron chi connectivity index (χ1n) is 8.74. The van der Waals surface area contributed by atoms with Crippen LogP contribution < -0.4 is 4.74 Å². The number of hydrogen-bond donors (Lipinski definition) is 0. The second kappa shape index (κ2) is 8.31.